The maximum Gasteiger partial charge on any atom is 0.232 e. The highest BCUT2D eigenvalue weighted by molar-refractivity contribution is 6.04. The van der Waals surface area contributed by atoms with Crippen molar-refractivity contribution in [1.29, 1.82) is 5.26 Å². The fourth-order valence-corrected chi connectivity index (χ4v) is 3.55. The Morgan fingerprint density at radius 3 is 2.21 bits per heavy atom. The van der Waals surface area contributed by atoms with E-state index in [0.717, 1.165) is 11.1 Å². The monoisotopic (exact) mass is 384 g/mol. The number of rotatable bonds is 6. The minimum Gasteiger partial charge on any atom is -0.497 e. The molecule has 0 saturated carbocycles. The number of carbonyl (C=O) groups excluding carboxylic acids is 1. The summed E-state index contributed by atoms with van der Waals surface area (Å²) in [6.07, 6.45) is 0.153. The van der Waals surface area contributed by atoms with Gasteiger partial charge in [-0.3, -0.25) is 9.69 Å². The summed E-state index contributed by atoms with van der Waals surface area (Å²) in [4.78, 5) is 13.9. The first-order valence-electron chi connectivity index (χ1n) is 9.32. The topological polar surface area (TPSA) is 62.6 Å². The molecule has 3 aromatic rings. The number of carbonyl (C=O) groups is 1. The van der Waals surface area contributed by atoms with E-state index in [4.69, 9.17) is 9.47 Å². The van der Waals surface area contributed by atoms with Crippen LogP contribution in [0.1, 0.15) is 17.5 Å². The van der Waals surface area contributed by atoms with E-state index in [9.17, 15) is 10.1 Å². The minimum atomic E-state index is -1.01. The number of β-lactam (4-membered cyclic amide) rings is 1. The predicted octanol–water partition coefficient (Wildman–Crippen LogP) is 4.43. The maximum atomic E-state index is 12.4. The van der Waals surface area contributed by atoms with Crippen molar-refractivity contribution in [1.82, 2.24) is 0 Å². The molecule has 5 heteroatoms. The fraction of sp³-hybridized carbons (Fsp3) is 0.167. The van der Waals surface area contributed by atoms with E-state index in [0.29, 0.717) is 23.8 Å². The van der Waals surface area contributed by atoms with E-state index < -0.39 is 5.54 Å². The van der Waals surface area contributed by atoms with Gasteiger partial charge in [-0.1, -0.05) is 42.5 Å². The van der Waals surface area contributed by atoms with E-state index in [-0.39, 0.29) is 12.3 Å². The molecule has 3 aromatic carbocycles. The van der Waals surface area contributed by atoms with Gasteiger partial charge in [-0.25, -0.2) is 0 Å². The lowest BCUT2D eigenvalue weighted by Gasteiger charge is -2.47. The molecule has 29 heavy (non-hydrogen) atoms. The zero-order valence-electron chi connectivity index (χ0n) is 16.0. The molecule has 1 heterocycles. The van der Waals surface area contributed by atoms with Crippen molar-refractivity contribution in [3.05, 3.63) is 90.0 Å². The normalized spacial score (nSPS) is 17.9. The Morgan fingerprint density at radius 2 is 1.62 bits per heavy atom. The number of hydrogen-bond donors (Lipinski definition) is 0. The molecule has 1 amide bonds. The molecule has 0 aromatic heterocycles. The summed E-state index contributed by atoms with van der Waals surface area (Å²) in [6, 6.07) is 26.8. The standard InChI is InChI=1S/C24H20N2O3/c1-28-21-13-9-20(10-14-21)26-23(27)15-24(26,17-25)19-7-11-22(12-8-19)29-16-18-5-3-2-4-6-18/h2-14H,15-16H2,1H3/t24-/m0/s1. The number of benzene rings is 3. The molecule has 0 aliphatic carbocycles. The quantitative estimate of drug-likeness (QED) is 0.590. The van der Waals surface area contributed by atoms with Crippen molar-refractivity contribution in [3.8, 4) is 17.6 Å². The summed E-state index contributed by atoms with van der Waals surface area (Å²) in [7, 11) is 1.59. The van der Waals surface area contributed by atoms with E-state index in [1.54, 1.807) is 36.3 Å². The van der Waals surface area contributed by atoms with Crippen molar-refractivity contribution in [2.75, 3.05) is 12.0 Å². The number of hydrogen-bond acceptors (Lipinski definition) is 4. The molecule has 0 N–H and O–H groups in total. The second-order valence-corrected chi connectivity index (χ2v) is 6.87. The summed E-state index contributed by atoms with van der Waals surface area (Å²) >= 11 is 0. The van der Waals surface area contributed by atoms with Gasteiger partial charge in [0.25, 0.3) is 0 Å². The summed E-state index contributed by atoms with van der Waals surface area (Å²) < 4.78 is 11.0. The smallest absolute Gasteiger partial charge is 0.232 e. The molecule has 1 fully saturated rings. The molecule has 0 bridgehead atoms. The van der Waals surface area contributed by atoms with Gasteiger partial charge in [0, 0.05) is 5.69 Å². The Balaban J connectivity index is 1.55. The van der Waals surface area contributed by atoms with Gasteiger partial charge in [-0.2, -0.15) is 5.26 Å². The third-order valence-corrected chi connectivity index (χ3v) is 5.13. The van der Waals surface area contributed by atoms with Crippen LogP contribution in [-0.2, 0) is 16.9 Å². The molecule has 4 rings (SSSR count). The van der Waals surface area contributed by atoms with Gasteiger partial charge < -0.3 is 9.47 Å². The summed E-state index contributed by atoms with van der Waals surface area (Å²) in [6.45, 7) is 0.472. The lowest BCUT2D eigenvalue weighted by Crippen LogP contribution is -2.61. The molecule has 1 aliphatic rings. The SMILES string of the molecule is COc1ccc(N2C(=O)C[C@]2(C#N)c2ccc(OCc3ccccc3)cc2)cc1. The molecule has 1 atom stereocenters. The Kier molecular flexibility index (Phi) is 4.92. The van der Waals surface area contributed by atoms with Gasteiger partial charge in [-0.15, -0.1) is 0 Å². The van der Waals surface area contributed by atoms with E-state index >= 15 is 0 Å². The first-order chi connectivity index (χ1) is 14.2. The number of anilines is 1. The molecule has 0 radical (unpaired) electrons. The molecule has 1 saturated heterocycles. The Labute approximate surface area is 169 Å². The number of nitriles is 1. The van der Waals surface area contributed by atoms with Crippen LogP contribution < -0.4 is 14.4 Å². The first-order valence-corrected chi connectivity index (χ1v) is 9.32. The second-order valence-electron chi connectivity index (χ2n) is 6.87. The van der Waals surface area contributed by atoms with Gasteiger partial charge in [0.15, 0.2) is 5.54 Å². The first kappa shape index (κ1) is 18.6. The predicted molar refractivity (Wildman–Crippen MR) is 110 cm³/mol. The number of nitrogens with zero attached hydrogens (tertiary/aromatic N) is 2. The number of ether oxygens (including phenoxy) is 2. The summed E-state index contributed by atoms with van der Waals surface area (Å²) in [5.74, 6) is 1.33. The molecule has 1 aliphatic heterocycles. The van der Waals surface area contributed by atoms with E-state index in [2.05, 4.69) is 6.07 Å². The Hall–Kier alpha value is -3.78. The van der Waals surface area contributed by atoms with Crippen molar-refractivity contribution in [3.63, 3.8) is 0 Å². The van der Waals surface area contributed by atoms with Crippen molar-refractivity contribution < 1.29 is 14.3 Å². The van der Waals surface area contributed by atoms with E-state index in [1.165, 1.54) is 0 Å². The maximum absolute atomic E-state index is 12.4. The lowest BCUT2D eigenvalue weighted by atomic mass is 9.78. The van der Waals surface area contributed by atoms with Crippen LogP contribution in [0.3, 0.4) is 0 Å². The summed E-state index contributed by atoms with van der Waals surface area (Å²) in [5.41, 5.74) is 1.51. The average Bonchev–Trinajstić information content (AvgIpc) is 2.77. The number of methoxy groups -OCH3 is 1. The highest BCUT2D eigenvalue weighted by atomic mass is 16.5. The van der Waals surface area contributed by atoms with Crippen LogP contribution in [0.15, 0.2) is 78.9 Å². The van der Waals surface area contributed by atoms with Gasteiger partial charge in [-0.05, 0) is 47.5 Å². The van der Waals surface area contributed by atoms with Crippen LogP contribution in [0, 0.1) is 11.3 Å². The molecular formula is C24H20N2O3. The van der Waals surface area contributed by atoms with Crippen molar-refractivity contribution in [2.24, 2.45) is 0 Å². The fourth-order valence-electron chi connectivity index (χ4n) is 3.55. The second kappa shape index (κ2) is 7.69. The van der Waals surface area contributed by atoms with Crippen molar-refractivity contribution in [2.45, 2.75) is 18.6 Å². The van der Waals surface area contributed by atoms with Crippen LogP contribution in [0.4, 0.5) is 5.69 Å². The van der Waals surface area contributed by atoms with Gasteiger partial charge >= 0.3 is 0 Å². The number of amides is 1. The zero-order chi connectivity index (χ0) is 20.3. The van der Waals surface area contributed by atoms with Crippen LogP contribution >= 0.6 is 0 Å². The highest BCUT2D eigenvalue weighted by Gasteiger charge is 2.53. The molecule has 144 valence electrons. The molecular weight excluding hydrogens is 364 g/mol. The third kappa shape index (κ3) is 3.41. The van der Waals surface area contributed by atoms with Crippen LogP contribution in [0.5, 0.6) is 11.5 Å². The minimum absolute atomic E-state index is 0.0823. The Bertz CT molecular complexity index is 1040. The average molecular weight is 384 g/mol. The third-order valence-electron chi connectivity index (χ3n) is 5.13. The molecule has 0 spiro atoms. The molecule has 0 unspecified atom stereocenters. The van der Waals surface area contributed by atoms with Gasteiger partial charge in [0.2, 0.25) is 5.91 Å². The van der Waals surface area contributed by atoms with Crippen LogP contribution in [0.2, 0.25) is 0 Å². The molecule has 5 nitrogen and oxygen atoms in total. The van der Waals surface area contributed by atoms with Gasteiger partial charge in [0.1, 0.15) is 18.1 Å². The highest BCUT2D eigenvalue weighted by Crippen LogP contribution is 2.45. The van der Waals surface area contributed by atoms with Crippen LogP contribution in [0.25, 0.3) is 0 Å². The largest absolute Gasteiger partial charge is 0.497 e. The van der Waals surface area contributed by atoms with Gasteiger partial charge in [0.05, 0.1) is 19.6 Å². The van der Waals surface area contributed by atoms with E-state index in [1.807, 2.05) is 54.6 Å². The Morgan fingerprint density at radius 1 is 0.966 bits per heavy atom. The zero-order valence-corrected chi connectivity index (χ0v) is 16.0. The summed E-state index contributed by atoms with van der Waals surface area (Å²) in [5, 5.41) is 9.96. The van der Waals surface area contributed by atoms with Crippen LogP contribution in [-0.4, -0.2) is 13.0 Å². The lowest BCUT2D eigenvalue weighted by molar-refractivity contribution is -0.126. The van der Waals surface area contributed by atoms with Crippen molar-refractivity contribution >= 4 is 11.6 Å².